The maximum atomic E-state index is 11.9. The Morgan fingerprint density at radius 2 is 1.70 bits per heavy atom. The van der Waals surface area contributed by atoms with Gasteiger partial charge in [-0.05, 0) is 83.5 Å². The van der Waals surface area contributed by atoms with Gasteiger partial charge in [0.2, 0.25) is 0 Å². The molecule has 0 aliphatic heterocycles. The molecule has 0 radical (unpaired) electrons. The van der Waals surface area contributed by atoms with E-state index in [0.29, 0.717) is 21.0 Å². The van der Waals surface area contributed by atoms with Crippen LogP contribution in [0.15, 0.2) is 39.3 Å². The van der Waals surface area contributed by atoms with Gasteiger partial charge in [-0.25, -0.2) is 0 Å². The van der Waals surface area contributed by atoms with Gasteiger partial charge in [-0.3, -0.25) is 25.8 Å². The minimum absolute atomic E-state index is 0.0780. The molecule has 30 heavy (non-hydrogen) atoms. The van der Waals surface area contributed by atoms with E-state index in [0.717, 1.165) is 15.6 Å². The van der Waals surface area contributed by atoms with Crippen molar-refractivity contribution < 1.29 is 19.1 Å². The molecule has 2 aromatic rings. The Morgan fingerprint density at radius 3 is 2.37 bits per heavy atom. The average Bonchev–Trinajstić information content (AvgIpc) is 2.64. The van der Waals surface area contributed by atoms with Gasteiger partial charge in [-0.15, -0.1) is 0 Å². The minimum Gasteiger partial charge on any atom is -0.483 e. The monoisotopic (exact) mass is 577 g/mol. The number of carbonyl (C=O) groups is 2. The van der Waals surface area contributed by atoms with Crippen LogP contribution >= 0.6 is 55.7 Å². The van der Waals surface area contributed by atoms with Gasteiger partial charge >= 0.3 is 0 Å². The third-order valence-electron chi connectivity index (χ3n) is 3.61. The van der Waals surface area contributed by atoms with E-state index in [2.05, 4.69) is 48.0 Å². The molecular weight excluding hydrogens is 562 g/mol. The molecule has 0 bridgehead atoms. The van der Waals surface area contributed by atoms with Crippen LogP contribution in [0.25, 0.3) is 0 Å². The zero-order valence-corrected chi connectivity index (χ0v) is 20.7. The predicted octanol–water partition coefficient (Wildman–Crippen LogP) is 3.96. The molecule has 0 heterocycles. The number of rotatable bonds is 6. The Hall–Kier alpha value is -1.88. The van der Waals surface area contributed by atoms with Crippen molar-refractivity contribution in [2.24, 2.45) is 0 Å². The lowest BCUT2D eigenvalue weighted by molar-refractivity contribution is -0.124. The molecule has 2 aromatic carbocycles. The Labute approximate surface area is 201 Å². The molecule has 160 valence electrons. The van der Waals surface area contributed by atoms with Crippen molar-refractivity contribution in [1.82, 2.24) is 16.2 Å². The highest BCUT2D eigenvalue weighted by atomic mass is 79.9. The number of aryl methyl sites for hydroxylation is 2. The second kappa shape index (κ2) is 11.5. The summed E-state index contributed by atoms with van der Waals surface area (Å²) < 4.78 is 12.6. The van der Waals surface area contributed by atoms with E-state index < -0.39 is 11.8 Å². The summed E-state index contributed by atoms with van der Waals surface area (Å²) in [6.45, 7) is 3.18. The molecule has 0 spiro atoms. The molecule has 2 rings (SSSR count). The van der Waals surface area contributed by atoms with Crippen LogP contribution in [0, 0.1) is 13.8 Å². The SMILES string of the molecule is Cc1cc(Cl)ccc1OCC(=O)NC(=S)NNC(=O)COc1c(C)cc(Br)cc1Br. The van der Waals surface area contributed by atoms with E-state index in [9.17, 15) is 9.59 Å². The normalized spacial score (nSPS) is 10.2. The summed E-state index contributed by atoms with van der Waals surface area (Å²) in [7, 11) is 0. The Morgan fingerprint density at radius 1 is 1.00 bits per heavy atom. The van der Waals surface area contributed by atoms with Crippen molar-refractivity contribution in [1.29, 1.82) is 0 Å². The maximum absolute atomic E-state index is 11.9. The van der Waals surface area contributed by atoms with Gasteiger partial charge in [0.15, 0.2) is 18.3 Å². The fourth-order valence-electron chi connectivity index (χ4n) is 2.28. The zero-order valence-electron chi connectivity index (χ0n) is 16.0. The molecule has 0 aliphatic carbocycles. The van der Waals surface area contributed by atoms with Gasteiger partial charge in [0.05, 0.1) is 4.47 Å². The second-order valence-electron chi connectivity index (χ2n) is 6.07. The summed E-state index contributed by atoms with van der Waals surface area (Å²) in [5, 5.41) is 2.90. The molecule has 7 nitrogen and oxygen atoms in total. The highest BCUT2D eigenvalue weighted by Crippen LogP contribution is 2.32. The first-order valence-corrected chi connectivity index (χ1v) is 10.9. The number of hydrazine groups is 1. The number of benzene rings is 2. The molecule has 3 N–H and O–H groups in total. The van der Waals surface area contributed by atoms with Crippen LogP contribution in [-0.4, -0.2) is 30.1 Å². The fourth-order valence-corrected chi connectivity index (χ4v) is 4.23. The third-order valence-corrected chi connectivity index (χ3v) is 5.09. The summed E-state index contributed by atoms with van der Waals surface area (Å²) in [4.78, 5) is 23.9. The van der Waals surface area contributed by atoms with Crippen LogP contribution in [0.5, 0.6) is 11.5 Å². The summed E-state index contributed by atoms with van der Waals surface area (Å²) in [6, 6.07) is 8.76. The molecule has 0 aliphatic rings. The molecular formula is C19H18Br2ClN3O4S. The van der Waals surface area contributed by atoms with E-state index in [1.807, 2.05) is 26.0 Å². The number of thiocarbonyl (C=S) groups is 1. The molecule has 0 saturated heterocycles. The molecule has 11 heteroatoms. The van der Waals surface area contributed by atoms with Gasteiger partial charge in [-0.1, -0.05) is 27.5 Å². The van der Waals surface area contributed by atoms with Crippen LogP contribution in [0.2, 0.25) is 5.02 Å². The topological polar surface area (TPSA) is 88.7 Å². The first kappa shape index (κ1) is 24.4. The van der Waals surface area contributed by atoms with E-state index in [1.165, 1.54) is 0 Å². The molecule has 0 unspecified atom stereocenters. The van der Waals surface area contributed by atoms with Crippen LogP contribution in [0.3, 0.4) is 0 Å². The Kier molecular flexibility index (Phi) is 9.35. The van der Waals surface area contributed by atoms with Crippen molar-refractivity contribution in [3.8, 4) is 11.5 Å². The molecule has 2 amide bonds. The number of halogens is 3. The van der Waals surface area contributed by atoms with Gasteiger partial charge in [0.25, 0.3) is 11.8 Å². The molecule has 0 fully saturated rings. The van der Waals surface area contributed by atoms with Crippen LogP contribution in [0.1, 0.15) is 11.1 Å². The predicted molar refractivity (Wildman–Crippen MR) is 126 cm³/mol. The minimum atomic E-state index is -0.484. The molecule has 0 atom stereocenters. The van der Waals surface area contributed by atoms with Gasteiger partial charge in [0.1, 0.15) is 11.5 Å². The lowest BCUT2D eigenvalue weighted by Crippen LogP contribution is -2.50. The van der Waals surface area contributed by atoms with Crippen LogP contribution in [-0.2, 0) is 9.59 Å². The van der Waals surface area contributed by atoms with E-state index in [4.69, 9.17) is 33.3 Å². The number of amides is 2. The maximum Gasteiger partial charge on any atom is 0.276 e. The highest BCUT2D eigenvalue weighted by molar-refractivity contribution is 9.11. The quantitative estimate of drug-likeness (QED) is 0.355. The summed E-state index contributed by atoms with van der Waals surface area (Å²) in [5.74, 6) is 0.128. The molecule has 0 saturated carbocycles. The summed E-state index contributed by atoms with van der Waals surface area (Å²) in [6.07, 6.45) is 0. The number of nitrogens with one attached hydrogen (secondary N) is 3. The number of ether oxygens (including phenoxy) is 2. The Bertz CT molecular complexity index is 952. The third kappa shape index (κ3) is 7.75. The lowest BCUT2D eigenvalue weighted by Gasteiger charge is -2.14. The zero-order chi connectivity index (χ0) is 22.3. The smallest absolute Gasteiger partial charge is 0.276 e. The van der Waals surface area contributed by atoms with Crippen LogP contribution in [0.4, 0.5) is 0 Å². The van der Waals surface area contributed by atoms with Crippen molar-refractivity contribution >= 4 is 72.6 Å². The van der Waals surface area contributed by atoms with Gasteiger partial charge in [-0.2, -0.15) is 0 Å². The Balaban J connectivity index is 1.72. The summed E-state index contributed by atoms with van der Waals surface area (Å²) in [5.41, 5.74) is 6.44. The lowest BCUT2D eigenvalue weighted by atomic mass is 10.2. The standard InChI is InChI=1S/C19H18Br2ClN3O4S/c1-10-6-13(22)3-4-15(10)28-8-16(26)23-19(30)25-24-17(27)9-29-18-11(2)5-12(20)7-14(18)21/h3-7H,8-9H2,1-2H3,(H,24,27)(H2,23,25,26,30). The number of hydrogen-bond donors (Lipinski definition) is 3. The molecule has 0 aromatic heterocycles. The largest absolute Gasteiger partial charge is 0.483 e. The van der Waals surface area contributed by atoms with E-state index in [1.54, 1.807) is 18.2 Å². The van der Waals surface area contributed by atoms with Crippen molar-refractivity contribution in [2.75, 3.05) is 13.2 Å². The van der Waals surface area contributed by atoms with Crippen LogP contribution < -0.4 is 25.6 Å². The summed E-state index contributed by atoms with van der Waals surface area (Å²) >= 11 is 17.6. The highest BCUT2D eigenvalue weighted by Gasteiger charge is 2.11. The number of carbonyl (C=O) groups excluding carboxylic acids is 2. The fraction of sp³-hybridized carbons (Fsp3) is 0.211. The first-order valence-electron chi connectivity index (χ1n) is 8.51. The number of hydrogen-bond acceptors (Lipinski definition) is 5. The van der Waals surface area contributed by atoms with Gasteiger partial charge < -0.3 is 9.47 Å². The van der Waals surface area contributed by atoms with Gasteiger partial charge in [0, 0.05) is 9.50 Å². The van der Waals surface area contributed by atoms with Crippen molar-refractivity contribution in [3.63, 3.8) is 0 Å². The second-order valence-corrected chi connectivity index (χ2v) is 8.69. The average molecular weight is 580 g/mol. The van der Waals surface area contributed by atoms with E-state index in [-0.39, 0.29) is 18.3 Å². The van der Waals surface area contributed by atoms with Crippen molar-refractivity contribution in [2.45, 2.75) is 13.8 Å². The van der Waals surface area contributed by atoms with E-state index >= 15 is 0 Å². The van der Waals surface area contributed by atoms with Crippen molar-refractivity contribution in [3.05, 3.63) is 55.4 Å². The first-order chi connectivity index (χ1) is 14.2.